The van der Waals surface area contributed by atoms with Gasteiger partial charge in [-0.2, -0.15) is 0 Å². The highest BCUT2D eigenvalue weighted by molar-refractivity contribution is 5.88. The van der Waals surface area contributed by atoms with Crippen LogP contribution in [0, 0.1) is 0 Å². The average molecular weight is 483 g/mol. The molecule has 0 saturated carbocycles. The van der Waals surface area contributed by atoms with E-state index in [9.17, 15) is 14.4 Å². The molecular formula is C28H38N2O5. The van der Waals surface area contributed by atoms with E-state index in [2.05, 4.69) is 10.6 Å². The maximum Gasteiger partial charge on any atom is 0.329 e. The van der Waals surface area contributed by atoms with Crippen molar-refractivity contribution in [2.24, 2.45) is 0 Å². The molecule has 0 spiro atoms. The summed E-state index contributed by atoms with van der Waals surface area (Å²) in [7, 11) is 0. The Labute approximate surface area is 208 Å². The third-order valence-electron chi connectivity index (χ3n) is 5.27. The van der Waals surface area contributed by atoms with Gasteiger partial charge in [0.25, 0.3) is 0 Å². The van der Waals surface area contributed by atoms with Crippen LogP contribution >= 0.6 is 0 Å². The number of carbonyl (C=O) groups excluding carboxylic acids is 3. The zero-order chi connectivity index (χ0) is 25.8. The molecule has 2 aromatic rings. The van der Waals surface area contributed by atoms with Crippen molar-refractivity contribution in [3.05, 3.63) is 71.8 Å². The molecule has 0 radical (unpaired) electrons. The van der Waals surface area contributed by atoms with Gasteiger partial charge < -0.3 is 14.8 Å². The van der Waals surface area contributed by atoms with Gasteiger partial charge in [0.15, 0.2) is 0 Å². The molecule has 2 rings (SSSR count). The first-order chi connectivity index (χ1) is 16.6. The Bertz CT molecular complexity index is 941. The number of aryl methyl sites for hydroxylation is 1. The zero-order valence-electron chi connectivity index (χ0n) is 21.4. The van der Waals surface area contributed by atoms with E-state index in [0.29, 0.717) is 19.3 Å². The number of ether oxygens (including phenoxy) is 2. The molecular weight excluding hydrogens is 444 g/mol. The van der Waals surface area contributed by atoms with Crippen LogP contribution in [0.1, 0.15) is 52.2 Å². The Balaban J connectivity index is 2.08. The summed E-state index contributed by atoms with van der Waals surface area (Å²) in [5.74, 6) is -1.31. The topological polar surface area (TPSA) is 93.7 Å². The highest BCUT2D eigenvalue weighted by atomic mass is 16.6. The molecule has 190 valence electrons. The number of carbonyl (C=O) groups is 3. The van der Waals surface area contributed by atoms with Crippen molar-refractivity contribution in [3.8, 4) is 0 Å². The van der Waals surface area contributed by atoms with E-state index >= 15 is 0 Å². The minimum atomic E-state index is -0.862. The van der Waals surface area contributed by atoms with Crippen LogP contribution < -0.4 is 10.6 Å². The predicted molar refractivity (Wildman–Crippen MR) is 136 cm³/mol. The molecule has 7 nitrogen and oxygen atoms in total. The number of esters is 2. The number of nitrogens with one attached hydrogen (secondary N) is 2. The fourth-order valence-electron chi connectivity index (χ4n) is 3.56. The molecule has 35 heavy (non-hydrogen) atoms. The molecule has 0 aliphatic carbocycles. The summed E-state index contributed by atoms with van der Waals surface area (Å²) < 4.78 is 10.8. The van der Waals surface area contributed by atoms with Crippen LogP contribution in [0.15, 0.2) is 60.7 Å². The molecule has 0 fully saturated rings. The minimum absolute atomic E-state index is 0.251. The lowest BCUT2D eigenvalue weighted by molar-refractivity contribution is -0.159. The van der Waals surface area contributed by atoms with Gasteiger partial charge >= 0.3 is 11.9 Å². The van der Waals surface area contributed by atoms with Crippen molar-refractivity contribution in [2.75, 3.05) is 6.61 Å². The molecule has 0 aliphatic rings. The fourth-order valence-corrected chi connectivity index (χ4v) is 3.56. The molecule has 0 heterocycles. The van der Waals surface area contributed by atoms with Crippen molar-refractivity contribution in [1.82, 2.24) is 10.6 Å². The van der Waals surface area contributed by atoms with E-state index in [1.54, 1.807) is 34.6 Å². The maximum absolute atomic E-state index is 13.1. The van der Waals surface area contributed by atoms with Gasteiger partial charge in [0.05, 0.1) is 12.6 Å². The van der Waals surface area contributed by atoms with Crippen LogP contribution in [-0.2, 0) is 36.7 Å². The monoisotopic (exact) mass is 482 g/mol. The molecule has 2 aromatic carbocycles. The lowest BCUT2D eigenvalue weighted by atomic mass is 10.0. The van der Waals surface area contributed by atoms with Crippen molar-refractivity contribution in [1.29, 1.82) is 0 Å². The van der Waals surface area contributed by atoms with E-state index < -0.39 is 41.6 Å². The Morgan fingerprint density at radius 2 is 1.43 bits per heavy atom. The van der Waals surface area contributed by atoms with E-state index in [0.717, 1.165) is 11.1 Å². The van der Waals surface area contributed by atoms with Gasteiger partial charge in [-0.05, 0) is 58.6 Å². The molecule has 0 aliphatic heterocycles. The van der Waals surface area contributed by atoms with Gasteiger partial charge in [0.1, 0.15) is 17.7 Å². The molecule has 0 unspecified atom stereocenters. The van der Waals surface area contributed by atoms with E-state index in [1.807, 2.05) is 60.7 Å². The van der Waals surface area contributed by atoms with Gasteiger partial charge in [-0.1, -0.05) is 60.7 Å². The van der Waals surface area contributed by atoms with Crippen molar-refractivity contribution in [3.63, 3.8) is 0 Å². The second-order valence-electron chi connectivity index (χ2n) is 9.50. The van der Waals surface area contributed by atoms with Crippen LogP contribution in [0.3, 0.4) is 0 Å². The number of hydrogen-bond acceptors (Lipinski definition) is 6. The standard InChI is InChI=1S/C28H38N2O5/c1-6-34-26(32)23(18-17-21-13-9-7-10-14-21)29-20(2)25(31)30-24(27(33)35-28(3,4)5)19-22-15-11-8-12-16-22/h7-16,20,23-24,29H,6,17-19H2,1-5H3,(H,30,31)/t20-,23+,24-/m1/s1. The fraction of sp³-hybridized carbons (Fsp3) is 0.464. The van der Waals surface area contributed by atoms with Gasteiger partial charge in [-0.15, -0.1) is 0 Å². The van der Waals surface area contributed by atoms with E-state index in [-0.39, 0.29) is 6.61 Å². The van der Waals surface area contributed by atoms with Crippen LogP contribution in [-0.4, -0.2) is 48.2 Å². The van der Waals surface area contributed by atoms with Gasteiger partial charge in [0.2, 0.25) is 5.91 Å². The first-order valence-electron chi connectivity index (χ1n) is 12.1. The number of benzene rings is 2. The highest BCUT2D eigenvalue weighted by Gasteiger charge is 2.30. The summed E-state index contributed by atoms with van der Waals surface area (Å²) in [5.41, 5.74) is 1.30. The normalized spacial score (nSPS) is 13.9. The number of rotatable bonds is 12. The zero-order valence-corrected chi connectivity index (χ0v) is 21.4. The van der Waals surface area contributed by atoms with Crippen molar-refractivity contribution < 1.29 is 23.9 Å². The lowest BCUT2D eigenvalue weighted by Crippen LogP contribution is -2.54. The second-order valence-corrected chi connectivity index (χ2v) is 9.50. The minimum Gasteiger partial charge on any atom is -0.465 e. The number of amides is 1. The van der Waals surface area contributed by atoms with E-state index in [4.69, 9.17) is 9.47 Å². The first-order valence-corrected chi connectivity index (χ1v) is 12.1. The summed E-state index contributed by atoms with van der Waals surface area (Å²) in [4.78, 5) is 38.5. The summed E-state index contributed by atoms with van der Waals surface area (Å²) >= 11 is 0. The summed E-state index contributed by atoms with van der Waals surface area (Å²) in [5, 5.41) is 5.90. The van der Waals surface area contributed by atoms with Crippen LogP contribution in [0.25, 0.3) is 0 Å². The largest absolute Gasteiger partial charge is 0.465 e. The molecule has 3 atom stereocenters. The van der Waals surface area contributed by atoms with Crippen LogP contribution in [0.5, 0.6) is 0 Å². The lowest BCUT2D eigenvalue weighted by Gasteiger charge is -2.27. The molecule has 0 bridgehead atoms. The Morgan fingerprint density at radius 1 is 0.857 bits per heavy atom. The van der Waals surface area contributed by atoms with Crippen LogP contribution in [0.2, 0.25) is 0 Å². The smallest absolute Gasteiger partial charge is 0.329 e. The first kappa shape index (κ1) is 28.1. The molecule has 0 saturated heterocycles. The Morgan fingerprint density at radius 3 is 1.97 bits per heavy atom. The SMILES string of the molecule is CCOC(=O)[C@H](CCc1ccccc1)N[C@H](C)C(=O)N[C@H](Cc1ccccc1)C(=O)OC(C)(C)C. The van der Waals surface area contributed by atoms with Gasteiger partial charge in [-0.25, -0.2) is 4.79 Å². The quantitative estimate of drug-likeness (QED) is 0.449. The van der Waals surface area contributed by atoms with Crippen molar-refractivity contribution in [2.45, 2.75) is 77.6 Å². The van der Waals surface area contributed by atoms with Gasteiger partial charge in [0, 0.05) is 6.42 Å². The predicted octanol–water partition coefficient (Wildman–Crippen LogP) is 3.60. The maximum atomic E-state index is 13.1. The summed E-state index contributed by atoms with van der Waals surface area (Å²) in [6.45, 7) is 9.02. The highest BCUT2D eigenvalue weighted by Crippen LogP contribution is 2.12. The van der Waals surface area contributed by atoms with Crippen molar-refractivity contribution >= 4 is 17.8 Å². The third kappa shape index (κ3) is 10.3. The number of hydrogen-bond donors (Lipinski definition) is 2. The average Bonchev–Trinajstić information content (AvgIpc) is 2.81. The summed E-state index contributed by atoms with van der Waals surface area (Å²) in [6.07, 6.45) is 1.42. The second kappa shape index (κ2) is 13.6. The molecule has 1 amide bonds. The Hall–Kier alpha value is -3.19. The molecule has 2 N–H and O–H groups in total. The molecule has 7 heteroatoms. The van der Waals surface area contributed by atoms with Crippen LogP contribution in [0.4, 0.5) is 0 Å². The third-order valence-corrected chi connectivity index (χ3v) is 5.27. The Kier molecular flexibility index (Phi) is 10.9. The van der Waals surface area contributed by atoms with Gasteiger partial charge in [-0.3, -0.25) is 14.9 Å². The van der Waals surface area contributed by atoms with E-state index in [1.165, 1.54) is 0 Å². The summed E-state index contributed by atoms with van der Waals surface area (Å²) in [6, 6.07) is 17.0. The molecule has 0 aromatic heterocycles.